The molecule has 0 radical (unpaired) electrons. The topological polar surface area (TPSA) is 46.2 Å². The zero-order valence-electron chi connectivity index (χ0n) is 7.36. The van der Waals surface area contributed by atoms with E-state index in [9.17, 15) is 8.42 Å². The number of hydrogen-bond donors (Lipinski definition) is 1. The molecule has 1 aromatic heterocycles. The van der Waals surface area contributed by atoms with Crippen molar-refractivity contribution < 1.29 is 8.42 Å². The van der Waals surface area contributed by atoms with E-state index in [0.717, 1.165) is 9.90 Å². The Bertz CT molecular complexity index is 414. The Morgan fingerprint density at radius 3 is 2.79 bits per heavy atom. The molecule has 1 aliphatic heterocycles. The van der Waals surface area contributed by atoms with E-state index in [2.05, 4.69) is 5.32 Å². The number of thiophene rings is 1. The Morgan fingerprint density at radius 2 is 2.29 bits per heavy atom. The Hall–Kier alpha value is -0.100. The lowest BCUT2D eigenvalue weighted by Crippen LogP contribution is -2.50. The summed E-state index contributed by atoms with van der Waals surface area (Å²) in [7, 11) is -2.72. The third-order valence-electron chi connectivity index (χ3n) is 2.13. The van der Waals surface area contributed by atoms with Gasteiger partial charge in [-0.3, -0.25) is 0 Å². The molecule has 0 unspecified atom stereocenters. The van der Waals surface area contributed by atoms with E-state index in [1.54, 1.807) is 0 Å². The van der Waals surface area contributed by atoms with Crippen LogP contribution in [0.2, 0.25) is 4.34 Å². The number of sulfone groups is 1. The van der Waals surface area contributed by atoms with Crippen molar-refractivity contribution in [1.82, 2.24) is 5.32 Å². The van der Waals surface area contributed by atoms with E-state index < -0.39 is 9.84 Å². The van der Waals surface area contributed by atoms with Crippen molar-refractivity contribution in [1.29, 1.82) is 0 Å². The van der Waals surface area contributed by atoms with Crippen LogP contribution in [0.15, 0.2) is 11.4 Å². The van der Waals surface area contributed by atoms with Crippen LogP contribution in [-0.2, 0) is 16.4 Å². The van der Waals surface area contributed by atoms with Crippen LogP contribution < -0.4 is 5.32 Å². The van der Waals surface area contributed by atoms with Gasteiger partial charge in [-0.05, 0) is 17.0 Å². The summed E-state index contributed by atoms with van der Waals surface area (Å²) in [4.78, 5) is 0. The van der Waals surface area contributed by atoms with Crippen LogP contribution in [0.25, 0.3) is 0 Å². The van der Waals surface area contributed by atoms with E-state index in [0.29, 0.717) is 6.54 Å². The molecule has 1 N–H and O–H groups in total. The highest BCUT2D eigenvalue weighted by Gasteiger charge is 2.32. The molecule has 0 saturated carbocycles. The zero-order chi connectivity index (χ0) is 10.2. The van der Waals surface area contributed by atoms with Crippen LogP contribution in [0.3, 0.4) is 0 Å². The molecule has 6 heteroatoms. The molecule has 1 aromatic rings. The third kappa shape index (κ3) is 2.48. The van der Waals surface area contributed by atoms with E-state index in [-0.39, 0.29) is 17.5 Å². The first-order chi connectivity index (χ1) is 6.55. The molecule has 0 aromatic carbocycles. The molecule has 78 valence electrons. The first-order valence-corrected chi connectivity index (χ1v) is 7.30. The van der Waals surface area contributed by atoms with Crippen molar-refractivity contribution in [3.05, 3.63) is 21.3 Å². The van der Waals surface area contributed by atoms with Crippen molar-refractivity contribution >= 4 is 32.8 Å². The first kappa shape index (κ1) is 10.4. The predicted octanol–water partition coefficient (Wildman–Crippen LogP) is 1.29. The second-order valence-electron chi connectivity index (χ2n) is 3.41. The van der Waals surface area contributed by atoms with E-state index in [1.165, 1.54) is 11.3 Å². The minimum atomic E-state index is -2.72. The minimum Gasteiger partial charge on any atom is -0.308 e. The molecular weight excluding hydrogens is 242 g/mol. The maximum Gasteiger partial charge on any atom is 0.153 e. The molecule has 0 aliphatic carbocycles. The fraction of sp³-hybridized carbons (Fsp3) is 0.500. The van der Waals surface area contributed by atoms with Crippen molar-refractivity contribution in [2.24, 2.45) is 0 Å². The van der Waals surface area contributed by atoms with Gasteiger partial charge in [-0.25, -0.2) is 8.42 Å². The number of hydrogen-bond acceptors (Lipinski definition) is 4. The summed E-state index contributed by atoms with van der Waals surface area (Å²) < 4.78 is 22.5. The highest BCUT2D eigenvalue weighted by atomic mass is 35.5. The van der Waals surface area contributed by atoms with Crippen LogP contribution >= 0.6 is 22.9 Å². The number of halogens is 1. The Morgan fingerprint density at radius 1 is 1.57 bits per heavy atom. The normalized spacial score (nSPS) is 20.6. The SMILES string of the molecule is O=S1(=O)CC(NCc2csc(Cl)c2)C1. The third-order valence-corrected chi connectivity index (χ3v) is 5.09. The highest BCUT2D eigenvalue weighted by Crippen LogP contribution is 2.20. The smallest absolute Gasteiger partial charge is 0.153 e. The summed E-state index contributed by atoms with van der Waals surface area (Å²) in [6.07, 6.45) is 0. The monoisotopic (exact) mass is 251 g/mol. The summed E-state index contributed by atoms with van der Waals surface area (Å²) in [5.41, 5.74) is 1.12. The summed E-state index contributed by atoms with van der Waals surface area (Å²) >= 11 is 7.25. The fourth-order valence-corrected chi connectivity index (χ4v) is 3.66. The van der Waals surface area contributed by atoms with Gasteiger partial charge in [0.15, 0.2) is 9.84 Å². The average Bonchev–Trinajstić information content (AvgIpc) is 2.44. The lowest BCUT2D eigenvalue weighted by atomic mass is 10.3. The van der Waals surface area contributed by atoms with Gasteiger partial charge < -0.3 is 5.32 Å². The van der Waals surface area contributed by atoms with Crippen molar-refractivity contribution in [2.75, 3.05) is 11.5 Å². The second-order valence-corrected chi connectivity index (χ2v) is 7.11. The van der Waals surface area contributed by atoms with E-state index in [1.807, 2.05) is 11.4 Å². The lowest BCUT2D eigenvalue weighted by molar-refractivity contribution is 0.512. The Balaban J connectivity index is 1.79. The molecule has 0 spiro atoms. The second kappa shape index (κ2) is 3.81. The summed E-state index contributed by atoms with van der Waals surface area (Å²) in [5.74, 6) is 0.537. The molecule has 1 aliphatic rings. The Kier molecular flexibility index (Phi) is 2.83. The van der Waals surface area contributed by atoms with Gasteiger partial charge in [0.25, 0.3) is 0 Å². The van der Waals surface area contributed by atoms with Gasteiger partial charge >= 0.3 is 0 Å². The quantitative estimate of drug-likeness (QED) is 0.881. The maximum absolute atomic E-state index is 10.9. The van der Waals surface area contributed by atoms with Gasteiger partial charge in [0.1, 0.15) is 0 Å². The maximum atomic E-state index is 10.9. The highest BCUT2D eigenvalue weighted by molar-refractivity contribution is 7.92. The van der Waals surface area contributed by atoms with Crippen LogP contribution in [0.5, 0.6) is 0 Å². The van der Waals surface area contributed by atoms with Gasteiger partial charge in [-0.15, -0.1) is 11.3 Å². The van der Waals surface area contributed by atoms with Crippen LogP contribution in [0.4, 0.5) is 0 Å². The number of nitrogens with one attached hydrogen (secondary N) is 1. The molecule has 2 rings (SSSR count). The molecule has 0 atom stereocenters. The lowest BCUT2D eigenvalue weighted by Gasteiger charge is -2.26. The minimum absolute atomic E-state index is 0.124. The van der Waals surface area contributed by atoms with Gasteiger partial charge in [0.05, 0.1) is 15.8 Å². The first-order valence-electron chi connectivity index (χ1n) is 4.22. The van der Waals surface area contributed by atoms with Gasteiger partial charge in [-0.1, -0.05) is 11.6 Å². The van der Waals surface area contributed by atoms with Crippen molar-refractivity contribution in [3.63, 3.8) is 0 Å². The zero-order valence-corrected chi connectivity index (χ0v) is 9.75. The molecule has 2 heterocycles. The van der Waals surface area contributed by atoms with Crippen molar-refractivity contribution in [2.45, 2.75) is 12.6 Å². The molecular formula is C8H10ClNO2S2. The van der Waals surface area contributed by atoms with Gasteiger partial charge in [0.2, 0.25) is 0 Å². The molecule has 1 saturated heterocycles. The summed E-state index contributed by atoms with van der Waals surface area (Å²) in [5, 5.41) is 5.15. The molecule has 1 fully saturated rings. The standard InChI is InChI=1S/C8H10ClNO2S2/c9-8-1-6(3-13-8)2-10-7-4-14(11,12)5-7/h1,3,7,10H,2,4-5H2. The average molecular weight is 252 g/mol. The Labute approximate surface area is 92.0 Å². The number of rotatable bonds is 3. The largest absolute Gasteiger partial charge is 0.308 e. The van der Waals surface area contributed by atoms with E-state index >= 15 is 0 Å². The molecule has 3 nitrogen and oxygen atoms in total. The molecule has 0 bridgehead atoms. The molecule has 0 amide bonds. The van der Waals surface area contributed by atoms with Crippen LogP contribution in [-0.4, -0.2) is 26.0 Å². The van der Waals surface area contributed by atoms with E-state index in [4.69, 9.17) is 11.6 Å². The van der Waals surface area contributed by atoms with Crippen molar-refractivity contribution in [3.8, 4) is 0 Å². The fourth-order valence-electron chi connectivity index (χ4n) is 1.38. The van der Waals surface area contributed by atoms with Crippen LogP contribution in [0, 0.1) is 0 Å². The summed E-state index contributed by atoms with van der Waals surface area (Å²) in [6.45, 7) is 0.698. The molecule has 14 heavy (non-hydrogen) atoms. The predicted molar refractivity (Wildman–Crippen MR) is 58.6 cm³/mol. The van der Waals surface area contributed by atoms with Gasteiger partial charge in [0, 0.05) is 12.6 Å². The van der Waals surface area contributed by atoms with Crippen LogP contribution in [0.1, 0.15) is 5.56 Å². The summed E-state index contributed by atoms with van der Waals surface area (Å²) in [6, 6.07) is 2.02. The van der Waals surface area contributed by atoms with Gasteiger partial charge in [-0.2, -0.15) is 0 Å².